The Kier molecular flexibility index (Phi) is 5.13. The second-order valence-corrected chi connectivity index (χ2v) is 7.16. The van der Waals surface area contributed by atoms with Crippen molar-refractivity contribution < 1.29 is 17.9 Å². The van der Waals surface area contributed by atoms with Gasteiger partial charge < -0.3 is 9.47 Å². The molecule has 0 aliphatic rings. The molecule has 0 saturated carbocycles. The normalized spacial score (nSPS) is 11.0. The molecule has 0 bridgehead atoms. The molecule has 0 aliphatic heterocycles. The Morgan fingerprint density at radius 2 is 1.70 bits per heavy atom. The highest BCUT2D eigenvalue weighted by Crippen LogP contribution is 2.30. The van der Waals surface area contributed by atoms with Crippen LogP contribution in [0.3, 0.4) is 0 Å². The zero-order valence-corrected chi connectivity index (χ0v) is 15.4. The number of anilines is 1. The van der Waals surface area contributed by atoms with Gasteiger partial charge in [0.25, 0.3) is 15.6 Å². The number of H-pyrrole nitrogens is 1. The molecular formula is C18H17N3O5S. The van der Waals surface area contributed by atoms with Gasteiger partial charge in [0.05, 0.1) is 19.9 Å². The number of rotatable bonds is 6. The SMILES string of the molecule is COc1ccc(NS(=O)(=O)c2cc(-c3ccc(=O)[nH]n3)ccc2OC)cc1. The number of sulfonamides is 1. The smallest absolute Gasteiger partial charge is 0.265 e. The van der Waals surface area contributed by atoms with Gasteiger partial charge in [0.15, 0.2) is 0 Å². The first-order valence-corrected chi connectivity index (χ1v) is 9.32. The minimum atomic E-state index is -3.93. The van der Waals surface area contributed by atoms with Crippen molar-refractivity contribution in [1.82, 2.24) is 10.2 Å². The fourth-order valence-corrected chi connectivity index (χ4v) is 3.68. The molecule has 9 heteroatoms. The number of aromatic nitrogens is 2. The minimum absolute atomic E-state index is 0.0497. The topological polar surface area (TPSA) is 110 Å². The van der Waals surface area contributed by atoms with Crippen molar-refractivity contribution in [2.75, 3.05) is 18.9 Å². The van der Waals surface area contributed by atoms with E-state index in [0.717, 1.165) is 0 Å². The first-order chi connectivity index (χ1) is 12.9. The fourth-order valence-electron chi connectivity index (χ4n) is 2.42. The molecule has 3 aromatic rings. The van der Waals surface area contributed by atoms with Crippen molar-refractivity contribution in [1.29, 1.82) is 0 Å². The maximum Gasteiger partial charge on any atom is 0.265 e. The number of methoxy groups -OCH3 is 2. The second kappa shape index (κ2) is 7.50. The Morgan fingerprint density at radius 1 is 0.963 bits per heavy atom. The van der Waals surface area contributed by atoms with Crippen LogP contribution in [-0.2, 0) is 10.0 Å². The number of nitrogens with one attached hydrogen (secondary N) is 2. The van der Waals surface area contributed by atoms with Crippen molar-refractivity contribution in [3.8, 4) is 22.8 Å². The summed E-state index contributed by atoms with van der Waals surface area (Å²) in [6.45, 7) is 0. The molecule has 1 aromatic heterocycles. The molecule has 0 amide bonds. The van der Waals surface area contributed by atoms with E-state index < -0.39 is 10.0 Å². The number of hydrogen-bond acceptors (Lipinski definition) is 6. The average Bonchev–Trinajstić information content (AvgIpc) is 2.68. The van der Waals surface area contributed by atoms with Crippen LogP contribution in [0.25, 0.3) is 11.3 Å². The molecule has 2 aromatic carbocycles. The molecule has 0 saturated heterocycles. The van der Waals surface area contributed by atoms with E-state index in [1.807, 2.05) is 0 Å². The van der Waals surface area contributed by atoms with Crippen LogP contribution >= 0.6 is 0 Å². The lowest BCUT2D eigenvalue weighted by molar-refractivity contribution is 0.403. The molecule has 0 atom stereocenters. The zero-order valence-electron chi connectivity index (χ0n) is 14.6. The summed E-state index contributed by atoms with van der Waals surface area (Å²) in [5, 5.41) is 6.24. The molecule has 0 aliphatic carbocycles. The van der Waals surface area contributed by atoms with Crippen LogP contribution in [0.4, 0.5) is 5.69 Å². The Labute approximate surface area is 155 Å². The summed E-state index contributed by atoms with van der Waals surface area (Å²) >= 11 is 0. The lowest BCUT2D eigenvalue weighted by Gasteiger charge is -2.13. The predicted octanol–water partition coefficient (Wildman–Crippen LogP) is 2.25. The van der Waals surface area contributed by atoms with E-state index in [4.69, 9.17) is 9.47 Å². The third kappa shape index (κ3) is 4.09. The maximum absolute atomic E-state index is 12.9. The van der Waals surface area contributed by atoms with Crippen molar-refractivity contribution in [2.24, 2.45) is 0 Å². The Balaban J connectivity index is 2.00. The molecule has 140 valence electrons. The quantitative estimate of drug-likeness (QED) is 0.671. The van der Waals surface area contributed by atoms with Gasteiger partial charge in [-0.05, 0) is 48.5 Å². The summed E-state index contributed by atoms with van der Waals surface area (Å²) in [5.41, 5.74) is 0.979. The highest BCUT2D eigenvalue weighted by atomic mass is 32.2. The standard InChI is InChI=1S/C18H17N3O5S/c1-25-14-6-4-13(5-7-14)21-27(23,24)17-11-12(3-9-16(17)26-2)15-8-10-18(22)20-19-15/h3-11,21H,1-2H3,(H,20,22). The average molecular weight is 387 g/mol. The summed E-state index contributed by atoms with van der Waals surface area (Å²) in [6.07, 6.45) is 0. The van der Waals surface area contributed by atoms with Crippen molar-refractivity contribution in [3.63, 3.8) is 0 Å². The van der Waals surface area contributed by atoms with Crippen LogP contribution in [0.1, 0.15) is 0 Å². The summed E-state index contributed by atoms with van der Waals surface area (Å²) in [7, 11) is -1.01. The highest BCUT2D eigenvalue weighted by Gasteiger charge is 2.21. The molecule has 2 N–H and O–H groups in total. The lowest BCUT2D eigenvalue weighted by atomic mass is 10.1. The molecule has 0 unspecified atom stereocenters. The van der Waals surface area contributed by atoms with E-state index in [9.17, 15) is 13.2 Å². The molecule has 8 nitrogen and oxygen atoms in total. The summed E-state index contributed by atoms with van der Waals surface area (Å²) in [5.74, 6) is 0.797. The van der Waals surface area contributed by atoms with Crippen LogP contribution < -0.4 is 19.8 Å². The number of aromatic amines is 1. The van der Waals surface area contributed by atoms with Gasteiger partial charge in [0, 0.05) is 17.3 Å². The molecule has 0 spiro atoms. The molecule has 0 radical (unpaired) electrons. The predicted molar refractivity (Wildman–Crippen MR) is 101 cm³/mol. The largest absolute Gasteiger partial charge is 0.497 e. The van der Waals surface area contributed by atoms with E-state index in [-0.39, 0.29) is 16.2 Å². The fraction of sp³-hybridized carbons (Fsp3) is 0.111. The number of benzene rings is 2. The third-order valence-electron chi connectivity index (χ3n) is 3.77. The third-order valence-corrected chi connectivity index (χ3v) is 5.17. The molecule has 0 fully saturated rings. The second-order valence-electron chi connectivity index (χ2n) is 5.51. The monoisotopic (exact) mass is 387 g/mol. The lowest BCUT2D eigenvalue weighted by Crippen LogP contribution is -2.14. The van der Waals surface area contributed by atoms with Gasteiger partial charge in [-0.2, -0.15) is 5.10 Å². The van der Waals surface area contributed by atoms with Crippen molar-refractivity contribution in [2.45, 2.75) is 4.90 Å². The van der Waals surface area contributed by atoms with E-state index in [0.29, 0.717) is 22.7 Å². The van der Waals surface area contributed by atoms with E-state index in [1.54, 1.807) is 30.3 Å². The first-order valence-electron chi connectivity index (χ1n) is 7.84. The number of nitrogens with zero attached hydrogens (tertiary/aromatic N) is 1. The Morgan fingerprint density at radius 3 is 2.30 bits per heavy atom. The number of hydrogen-bond donors (Lipinski definition) is 2. The van der Waals surface area contributed by atoms with Crippen molar-refractivity contribution >= 4 is 15.7 Å². The van der Waals surface area contributed by atoms with Crippen molar-refractivity contribution in [3.05, 3.63) is 65.0 Å². The highest BCUT2D eigenvalue weighted by molar-refractivity contribution is 7.92. The van der Waals surface area contributed by atoms with Crippen LogP contribution in [0.2, 0.25) is 0 Å². The van der Waals surface area contributed by atoms with Crippen LogP contribution in [-0.4, -0.2) is 32.8 Å². The molecule has 27 heavy (non-hydrogen) atoms. The maximum atomic E-state index is 12.9. The Bertz CT molecular complexity index is 1090. The zero-order chi connectivity index (χ0) is 19.4. The first kappa shape index (κ1) is 18.5. The van der Waals surface area contributed by atoms with Gasteiger partial charge in [0.1, 0.15) is 16.4 Å². The van der Waals surface area contributed by atoms with Gasteiger partial charge in [-0.1, -0.05) is 0 Å². The molecule has 1 heterocycles. The van der Waals surface area contributed by atoms with Crippen LogP contribution in [0, 0.1) is 0 Å². The van der Waals surface area contributed by atoms with Crippen LogP contribution in [0.5, 0.6) is 11.5 Å². The number of ether oxygens (including phenoxy) is 2. The van der Waals surface area contributed by atoms with Gasteiger partial charge >= 0.3 is 0 Å². The summed E-state index contributed by atoms with van der Waals surface area (Å²) in [6, 6.07) is 13.9. The molecular weight excluding hydrogens is 370 g/mol. The van der Waals surface area contributed by atoms with Gasteiger partial charge in [-0.25, -0.2) is 13.5 Å². The summed E-state index contributed by atoms with van der Waals surface area (Å²) in [4.78, 5) is 11.1. The van der Waals surface area contributed by atoms with Gasteiger partial charge in [0.2, 0.25) is 0 Å². The summed E-state index contributed by atoms with van der Waals surface area (Å²) < 4.78 is 38.5. The van der Waals surface area contributed by atoms with E-state index in [2.05, 4.69) is 14.9 Å². The van der Waals surface area contributed by atoms with Gasteiger partial charge in [-0.3, -0.25) is 9.52 Å². The Hall–Kier alpha value is -3.33. The van der Waals surface area contributed by atoms with Gasteiger partial charge in [-0.15, -0.1) is 0 Å². The molecule has 3 rings (SSSR count). The van der Waals surface area contributed by atoms with Crippen LogP contribution in [0.15, 0.2) is 64.3 Å². The minimum Gasteiger partial charge on any atom is -0.497 e. The van der Waals surface area contributed by atoms with E-state index >= 15 is 0 Å². The van der Waals surface area contributed by atoms with E-state index in [1.165, 1.54) is 38.5 Å².